The van der Waals surface area contributed by atoms with Crippen molar-refractivity contribution < 1.29 is 4.52 Å². The van der Waals surface area contributed by atoms with Gasteiger partial charge in [0.25, 0.3) is 0 Å². The summed E-state index contributed by atoms with van der Waals surface area (Å²) in [5.74, 6) is 1.72. The summed E-state index contributed by atoms with van der Waals surface area (Å²) in [5, 5.41) is 10.2. The van der Waals surface area contributed by atoms with Gasteiger partial charge in [-0.25, -0.2) is 9.97 Å². The molecule has 3 aromatic heterocycles. The molecular formula is C12H12N4OS. The highest BCUT2D eigenvalue weighted by molar-refractivity contribution is 7.16. The van der Waals surface area contributed by atoms with E-state index in [9.17, 15) is 0 Å². The Balaban J connectivity index is 1.92. The molecule has 0 bridgehead atoms. The first kappa shape index (κ1) is 11.2. The van der Waals surface area contributed by atoms with E-state index in [4.69, 9.17) is 4.52 Å². The highest BCUT2D eigenvalue weighted by atomic mass is 32.1. The maximum atomic E-state index is 4.80. The average molecular weight is 260 g/mol. The van der Waals surface area contributed by atoms with E-state index in [0.29, 0.717) is 6.54 Å². The number of hydrogen-bond acceptors (Lipinski definition) is 6. The third-order valence-electron chi connectivity index (χ3n) is 2.62. The van der Waals surface area contributed by atoms with Crippen LogP contribution in [0.5, 0.6) is 0 Å². The molecule has 0 unspecified atom stereocenters. The number of fused-ring (bicyclic) bond motifs is 1. The molecule has 1 N–H and O–H groups in total. The molecule has 0 amide bonds. The largest absolute Gasteiger partial charge is 0.364 e. The zero-order chi connectivity index (χ0) is 12.4. The second-order valence-electron chi connectivity index (χ2n) is 3.83. The summed E-state index contributed by atoms with van der Waals surface area (Å²) in [6.45, 7) is 2.65. The van der Waals surface area contributed by atoms with E-state index in [1.54, 1.807) is 17.6 Å². The predicted molar refractivity (Wildman–Crippen MR) is 70.6 cm³/mol. The normalized spacial score (nSPS) is 10.9. The van der Waals surface area contributed by atoms with E-state index in [2.05, 4.69) is 27.4 Å². The zero-order valence-corrected chi connectivity index (χ0v) is 10.7. The molecule has 0 aliphatic rings. The van der Waals surface area contributed by atoms with Crippen LogP contribution in [0.15, 0.2) is 28.3 Å². The maximum Gasteiger partial charge on any atom is 0.138 e. The number of hydrogen-bond donors (Lipinski definition) is 1. The summed E-state index contributed by atoms with van der Waals surface area (Å²) >= 11 is 1.63. The number of aryl methyl sites for hydroxylation is 1. The van der Waals surface area contributed by atoms with Gasteiger partial charge in [-0.1, -0.05) is 12.1 Å². The minimum absolute atomic E-state index is 0.599. The Morgan fingerprint density at radius 1 is 1.33 bits per heavy atom. The zero-order valence-electron chi connectivity index (χ0n) is 9.88. The minimum atomic E-state index is 0.599. The van der Waals surface area contributed by atoms with Gasteiger partial charge in [-0.15, -0.1) is 11.3 Å². The third-order valence-corrected chi connectivity index (χ3v) is 3.42. The number of nitrogens with zero attached hydrogens (tertiary/aromatic N) is 3. The number of anilines is 1. The maximum absolute atomic E-state index is 4.80. The van der Waals surface area contributed by atoms with E-state index in [-0.39, 0.29) is 0 Å². The number of thiophene rings is 1. The van der Waals surface area contributed by atoms with E-state index in [0.717, 1.165) is 34.0 Å². The molecule has 0 fully saturated rings. The topological polar surface area (TPSA) is 63.8 Å². The fourth-order valence-corrected chi connectivity index (χ4v) is 2.48. The first-order chi connectivity index (χ1) is 8.86. The lowest BCUT2D eigenvalue weighted by Gasteiger charge is -2.06. The standard InChI is InChI=1S/C12H12N4OS/c1-2-10-14-11(9-4-6-18-12(9)15-10)13-7-8-3-5-17-16-8/h3-6H,2,7H2,1H3,(H,13,14,15). The molecule has 0 aliphatic carbocycles. The van der Waals surface area contributed by atoms with Crippen molar-refractivity contribution >= 4 is 27.4 Å². The van der Waals surface area contributed by atoms with Crippen LogP contribution in [0.3, 0.4) is 0 Å². The quantitative estimate of drug-likeness (QED) is 0.781. The van der Waals surface area contributed by atoms with Crippen LogP contribution in [0.1, 0.15) is 18.4 Å². The molecule has 3 aromatic rings. The smallest absolute Gasteiger partial charge is 0.138 e. The van der Waals surface area contributed by atoms with E-state index in [1.807, 2.05) is 17.5 Å². The van der Waals surface area contributed by atoms with Crippen molar-refractivity contribution in [1.29, 1.82) is 0 Å². The predicted octanol–water partition coefficient (Wildman–Crippen LogP) is 2.85. The second-order valence-corrected chi connectivity index (χ2v) is 4.72. The van der Waals surface area contributed by atoms with Gasteiger partial charge in [-0.3, -0.25) is 0 Å². The summed E-state index contributed by atoms with van der Waals surface area (Å²) < 4.78 is 4.80. The van der Waals surface area contributed by atoms with Crippen LogP contribution in [0.2, 0.25) is 0 Å². The van der Waals surface area contributed by atoms with Crippen molar-refractivity contribution in [3.63, 3.8) is 0 Å². The monoisotopic (exact) mass is 260 g/mol. The lowest BCUT2D eigenvalue weighted by molar-refractivity contribution is 0.412. The molecule has 0 atom stereocenters. The van der Waals surface area contributed by atoms with Crippen LogP contribution < -0.4 is 5.32 Å². The summed E-state index contributed by atoms with van der Waals surface area (Å²) in [7, 11) is 0. The lowest BCUT2D eigenvalue weighted by atomic mass is 10.3. The fourth-order valence-electron chi connectivity index (χ4n) is 1.70. The highest BCUT2D eigenvalue weighted by Gasteiger charge is 2.08. The van der Waals surface area contributed by atoms with Gasteiger partial charge in [0, 0.05) is 12.5 Å². The van der Waals surface area contributed by atoms with Gasteiger partial charge in [0.2, 0.25) is 0 Å². The molecule has 0 saturated heterocycles. The summed E-state index contributed by atoms with van der Waals surface area (Å²) in [4.78, 5) is 10.0. The molecule has 0 saturated carbocycles. The summed E-state index contributed by atoms with van der Waals surface area (Å²) in [6.07, 6.45) is 2.39. The van der Waals surface area contributed by atoms with Crippen molar-refractivity contribution in [3.05, 3.63) is 35.3 Å². The molecule has 0 spiro atoms. The molecule has 3 heterocycles. The van der Waals surface area contributed by atoms with E-state index in [1.165, 1.54) is 0 Å². The third kappa shape index (κ3) is 2.06. The van der Waals surface area contributed by atoms with Crippen LogP contribution in [0.4, 0.5) is 5.82 Å². The Bertz CT molecular complexity index is 647. The Hall–Kier alpha value is -1.95. The van der Waals surface area contributed by atoms with Gasteiger partial charge < -0.3 is 9.84 Å². The van der Waals surface area contributed by atoms with Crippen molar-refractivity contribution in [2.45, 2.75) is 19.9 Å². The van der Waals surface area contributed by atoms with Crippen molar-refractivity contribution in [1.82, 2.24) is 15.1 Å². The number of nitrogens with one attached hydrogen (secondary N) is 1. The van der Waals surface area contributed by atoms with Gasteiger partial charge in [0.15, 0.2) is 0 Å². The molecule has 5 nitrogen and oxygen atoms in total. The van der Waals surface area contributed by atoms with E-state index >= 15 is 0 Å². The van der Waals surface area contributed by atoms with Crippen molar-refractivity contribution in [2.75, 3.05) is 5.32 Å². The first-order valence-corrected chi connectivity index (χ1v) is 6.62. The Morgan fingerprint density at radius 3 is 3.06 bits per heavy atom. The average Bonchev–Trinajstić information content (AvgIpc) is 3.06. The van der Waals surface area contributed by atoms with Gasteiger partial charge in [0.05, 0.1) is 11.9 Å². The SMILES string of the molecule is CCc1nc(NCc2ccon2)c2ccsc2n1. The molecular weight excluding hydrogens is 248 g/mol. The Kier molecular flexibility index (Phi) is 2.93. The second kappa shape index (κ2) is 4.73. The van der Waals surface area contributed by atoms with Gasteiger partial charge in [-0.05, 0) is 11.4 Å². The van der Waals surface area contributed by atoms with Gasteiger partial charge in [0.1, 0.15) is 28.4 Å². The van der Waals surface area contributed by atoms with Crippen LogP contribution in [0.25, 0.3) is 10.2 Å². The Labute approximate surface area is 108 Å². The van der Waals surface area contributed by atoms with Crippen LogP contribution >= 0.6 is 11.3 Å². The number of rotatable bonds is 4. The first-order valence-electron chi connectivity index (χ1n) is 5.74. The van der Waals surface area contributed by atoms with Gasteiger partial charge in [-0.2, -0.15) is 0 Å². The van der Waals surface area contributed by atoms with Gasteiger partial charge >= 0.3 is 0 Å². The number of aromatic nitrogens is 3. The highest BCUT2D eigenvalue weighted by Crippen LogP contribution is 2.25. The molecule has 18 heavy (non-hydrogen) atoms. The van der Waals surface area contributed by atoms with Crippen LogP contribution in [0, 0.1) is 0 Å². The van der Waals surface area contributed by atoms with Crippen molar-refractivity contribution in [2.24, 2.45) is 0 Å². The van der Waals surface area contributed by atoms with Crippen molar-refractivity contribution in [3.8, 4) is 0 Å². The molecule has 3 rings (SSSR count). The Morgan fingerprint density at radius 2 is 2.28 bits per heavy atom. The van der Waals surface area contributed by atoms with Crippen LogP contribution in [-0.4, -0.2) is 15.1 Å². The minimum Gasteiger partial charge on any atom is -0.364 e. The van der Waals surface area contributed by atoms with Crippen LogP contribution in [-0.2, 0) is 13.0 Å². The molecule has 6 heteroatoms. The molecule has 0 radical (unpaired) electrons. The lowest BCUT2D eigenvalue weighted by Crippen LogP contribution is -2.04. The van der Waals surface area contributed by atoms with E-state index < -0.39 is 0 Å². The summed E-state index contributed by atoms with van der Waals surface area (Å²) in [6, 6.07) is 3.87. The fraction of sp³-hybridized carbons (Fsp3) is 0.250. The molecule has 0 aromatic carbocycles. The summed E-state index contributed by atoms with van der Waals surface area (Å²) in [5.41, 5.74) is 0.857. The molecule has 0 aliphatic heterocycles. The molecule has 92 valence electrons.